The fourth-order valence-corrected chi connectivity index (χ4v) is 1.67. The first-order valence-corrected chi connectivity index (χ1v) is 6.27. The van der Waals surface area contributed by atoms with Gasteiger partial charge in [-0.15, -0.1) is 0 Å². The maximum absolute atomic E-state index is 11.3. The van der Waals surface area contributed by atoms with Crippen LogP contribution in [0.5, 0.6) is 11.5 Å². The summed E-state index contributed by atoms with van der Waals surface area (Å²) in [5, 5.41) is 0. The number of ether oxygens (including phenoxy) is 3. The topological polar surface area (TPSA) is 70.8 Å². The Balaban J connectivity index is 2.77. The van der Waals surface area contributed by atoms with E-state index in [-0.39, 0.29) is 18.6 Å². The molecule has 0 spiro atoms. The van der Waals surface area contributed by atoms with E-state index in [4.69, 9.17) is 19.9 Å². The van der Waals surface area contributed by atoms with Gasteiger partial charge >= 0.3 is 5.97 Å². The summed E-state index contributed by atoms with van der Waals surface area (Å²) in [6.07, 6.45) is 0.648. The van der Waals surface area contributed by atoms with Crippen molar-refractivity contribution in [1.82, 2.24) is 0 Å². The summed E-state index contributed by atoms with van der Waals surface area (Å²) in [5.74, 6) is 0.982. The second-order valence-corrected chi connectivity index (χ2v) is 4.25. The van der Waals surface area contributed by atoms with Crippen LogP contribution >= 0.6 is 0 Å². The van der Waals surface area contributed by atoms with Gasteiger partial charge in [0.05, 0.1) is 13.7 Å². The predicted molar refractivity (Wildman–Crippen MR) is 72.5 cm³/mol. The SMILES string of the molecule is CCOC(=O)COc1ccc(OC)cc1CC(C)N. The van der Waals surface area contributed by atoms with Gasteiger partial charge in [-0.2, -0.15) is 0 Å². The first kappa shape index (κ1) is 15.3. The Morgan fingerprint density at radius 1 is 1.42 bits per heavy atom. The van der Waals surface area contributed by atoms with E-state index in [1.807, 2.05) is 13.0 Å². The molecule has 2 N–H and O–H groups in total. The molecule has 0 saturated heterocycles. The maximum Gasteiger partial charge on any atom is 0.344 e. The Hall–Kier alpha value is -1.75. The molecule has 5 nitrogen and oxygen atoms in total. The van der Waals surface area contributed by atoms with Crippen molar-refractivity contribution in [3.05, 3.63) is 23.8 Å². The molecule has 0 aliphatic heterocycles. The van der Waals surface area contributed by atoms with Crippen molar-refractivity contribution in [3.8, 4) is 11.5 Å². The Morgan fingerprint density at radius 3 is 2.74 bits per heavy atom. The highest BCUT2D eigenvalue weighted by Crippen LogP contribution is 2.25. The average molecular weight is 267 g/mol. The zero-order chi connectivity index (χ0) is 14.3. The van der Waals surface area contributed by atoms with E-state index in [1.165, 1.54) is 0 Å². The first-order chi connectivity index (χ1) is 9.06. The second-order valence-electron chi connectivity index (χ2n) is 4.25. The van der Waals surface area contributed by atoms with Crippen LogP contribution < -0.4 is 15.2 Å². The molecular formula is C14H21NO4. The van der Waals surface area contributed by atoms with E-state index in [0.29, 0.717) is 18.8 Å². The minimum atomic E-state index is -0.384. The highest BCUT2D eigenvalue weighted by Gasteiger charge is 2.10. The summed E-state index contributed by atoms with van der Waals surface area (Å²) in [6, 6.07) is 5.42. The summed E-state index contributed by atoms with van der Waals surface area (Å²) in [6.45, 7) is 3.91. The standard InChI is InChI=1S/C14H21NO4/c1-4-18-14(16)9-19-13-6-5-12(17-3)8-11(13)7-10(2)15/h5-6,8,10H,4,7,9,15H2,1-3H3. The molecule has 0 aliphatic carbocycles. The molecule has 1 aromatic carbocycles. The number of methoxy groups -OCH3 is 1. The van der Waals surface area contributed by atoms with Crippen molar-refractivity contribution in [1.29, 1.82) is 0 Å². The van der Waals surface area contributed by atoms with Gasteiger partial charge < -0.3 is 19.9 Å². The summed E-state index contributed by atoms with van der Waals surface area (Å²) in [4.78, 5) is 11.3. The largest absolute Gasteiger partial charge is 0.497 e. The van der Waals surface area contributed by atoms with E-state index in [0.717, 1.165) is 11.3 Å². The first-order valence-electron chi connectivity index (χ1n) is 6.27. The molecule has 0 radical (unpaired) electrons. The van der Waals surface area contributed by atoms with E-state index < -0.39 is 0 Å². The minimum Gasteiger partial charge on any atom is -0.497 e. The molecular weight excluding hydrogens is 246 g/mol. The van der Waals surface area contributed by atoms with Gasteiger partial charge in [-0.1, -0.05) is 0 Å². The normalized spacial score (nSPS) is 11.8. The average Bonchev–Trinajstić information content (AvgIpc) is 2.36. The number of nitrogens with two attached hydrogens (primary N) is 1. The molecule has 5 heteroatoms. The fourth-order valence-electron chi connectivity index (χ4n) is 1.67. The molecule has 0 amide bonds. The summed E-state index contributed by atoms with van der Waals surface area (Å²) < 4.78 is 15.4. The van der Waals surface area contributed by atoms with Crippen molar-refractivity contribution in [2.45, 2.75) is 26.3 Å². The Morgan fingerprint density at radius 2 is 2.16 bits per heavy atom. The number of carbonyl (C=O) groups excluding carboxylic acids is 1. The third-order valence-electron chi connectivity index (χ3n) is 2.46. The number of hydrogen-bond acceptors (Lipinski definition) is 5. The highest BCUT2D eigenvalue weighted by atomic mass is 16.6. The lowest BCUT2D eigenvalue weighted by Crippen LogP contribution is -2.19. The van der Waals surface area contributed by atoms with E-state index in [1.54, 1.807) is 26.2 Å². The lowest BCUT2D eigenvalue weighted by atomic mass is 10.1. The van der Waals surface area contributed by atoms with Crippen LogP contribution in [0.2, 0.25) is 0 Å². The Bertz CT molecular complexity index is 418. The van der Waals surface area contributed by atoms with Crippen molar-refractivity contribution in [2.75, 3.05) is 20.3 Å². The molecule has 106 valence electrons. The Kier molecular flexibility index (Phi) is 6.15. The monoisotopic (exact) mass is 267 g/mol. The molecule has 0 fully saturated rings. The maximum atomic E-state index is 11.3. The van der Waals surface area contributed by atoms with E-state index in [2.05, 4.69) is 0 Å². The lowest BCUT2D eigenvalue weighted by Gasteiger charge is -2.14. The van der Waals surface area contributed by atoms with Gasteiger partial charge in [0.15, 0.2) is 6.61 Å². The van der Waals surface area contributed by atoms with E-state index in [9.17, 15) is 4.79 Å². The number of hydrogen-bond donors (Lipinski definition) is 1. The van der Waals surface area contributed by atoms with Crippen LogP contribution in [-0.4, -0.2) is 32.3 Å². The summed E-state index contributed by atoms with van der Waals surface area (Å²) in [5.41, 5.74) is 6.72. The zero-order valence-electron chi connectivity index (χ0n) is 11.6. The number of carbonyl (C=O) groups is 1. The van der Waals surface area contributed by atoms with Gasteiger partial charge in [-0.25, -0.2) is 4.79 Å². The van der Waals surface area contributed by atoms with Crippen LogP contribution in [0.3, 0.4) is 0 Å². The van der Waals surface area contributed by atoms with Gasteiger partial charge in [-0.05, 0) is 44.0 Å². The van der Waals surface area contributed by atoms with Crippen LogP contribution in [-0.2, 0) is 16.0 Å². The van der Waals surface area contributed by atoms with Gasteiger partial charge in [0.2, 0.25) is 0 Å². The molecule has 0 heterocycles. The highest BCUT2D eigenvalue weighted by molar-refractivity contribution is 5.71. The zero-order valence-corrected chi connectivity index (χ0v) is 11.6. The molecule has 0 saturated carbocycles. The van der Waals surface area contributed by atoms with Crippen molar-refractivity contribution in [3.63, 3.8) is 0 Å². The number of esters is 1. The molecule has 0 aliphatic rings. The van der Waals surface area contributed by atoms with Gasteiger partial charge in [0.25, 0.3) is 0 Å². The molecule has 1 atom stereocenters. The van der Waals surface area contributed by atoms with Gasteiger partial charge in [-0.3, -0.25) is 0 Å². The summed E-state index contributed by atoms with van der Waals surface area (Å²) >= 11 is 0. The van der Waals surface area contributed by atoms with Crippen LogP contribution in [0.4, 0.5) is 0 Å². The molecule has 1 aromatic rings. The van der Waals surface area contributed by atoms with Crippen LogP contribution in [0.25, 0.3) is 0 Å². The smallest absolute Gasteiger partial charge is 0.344 e. The molecule has 1 unspecified atom stereocenters. The van der Waals surface area contributed by atoms with Crippen molar-refractivity contribution >= 4 is 5.97 Å². The number of rotatable bonds is 7. The van der Waals surface area contributed by atoms with Crippen LogP contribution in [0.15, 0.2) is 18.2 Å². The van der Waals surface area contributed by atoms with Crippen molar-refractivity contribution in [2.24, 2.45) is 5.73 Å². The Labute approximate surface area is 113 Å². The molecule has 1 rings (SSSR count). The number of benzene rings is 1. The molecule has 0 aromatic heterocycles. The van der Waals surface area contributed by atoms with E-state index >= 15 is 0 Å². The third-order valence-corrected chi connectivity index (χ3v) is 2.46. The third kappa shape index (κ3) is 5.18. The fraction of sp³-hybridized carbons (Fsp3) is 0.500. The quantitative estimate of drug-likeness (QED) is 0.758. The molecule has 0 bridgehead atoms. The molecule has 19 heavy (non-hydrogen) atoms. The van der Waals surface area contributed by atoms with Crippen molar-refractivity contribution < 1.29 is 19.0 Å². The lowest BCUT2D eigenvalue weighted by molar-refractivity contribution is -0.145. The minimum absolute atomic E-state index is 0.00273. The van der Waals surface area contributed by atoms with Gasteiger partial charge in [0, 0.05) is 6.04 Å². The van der Waals surface area contributed by atoms with Gasteiger partial charge in [0.1, 0.15) is 11.5 Å². The second kappa shape index (κ2) is 7.63. The predicted octanol–water partition coefficient (Wildman–Crippen LogP) is 1.53. The van der Waals surface area contributed by atoms with Crippen LogP contribution in [0.1, 0.15) is 19.4 Å². The summed E-state index contributed by atoms with van der Waals surface area (Å²) in [7, 11) is 1.60. The van der Waals surface area contributed by atoms with Crippen LogP contribution in [0, 0.1) is 0 Å².